The van der Waals surface area contributed by atoms with Gasteiger partial charge in [-0.1, -0.05) is 42.0 Å². The van der Waals surface area contributed by atoms with Gasteiger partial charge in [0, 0.05) is 30.3 Å². The van der Waals surface area contributed by atoms with Crippen LogP contribution in [0.4, 0.5) is 0 Å². The maximum Gasteiger partial charge on any atom is 0.257 e. The molecule has 200 valence electrons. The van der Waals surface area contributed by atoms with E-state index in [2.05, 4.69) is 52.1 Å². The van der Waals surface area contributed by atoms with E-state index >= 15 is 0 Å². The van der Waals surface area contributed by atoms with Crippen molar-refractivity contribution in [2.45, 2.75) is 45.8 Å². The molecule has 0 fully saturated rings. The first-order valence-electron chi connectivity index (χ1n) is 13.3. The Balaban J connectivity index is 1.39. The maximum atomic E-state index is 13.4. The zero-order valence-corrected chi connectivity index (χ0v) is 24.3. The molecule has 1 aliphatic carbocycles. The molecule has 0 spiro atoms. The third-order valence-corrected chi connectivity index (χ3v) is 7.54. The summed E-state index contributed by atoms with van der Waals surface area (Å²) in [5.41, 5.74) is 8.23. The van der Waals surface area contributed by atoms with Crippen molar-refractivity contribution in [2.75, 3.05) is 14.1 Å². The molecule has 1 amide bonds. The molecule has 1 heterocycles. The van der Waals surface area contributed by atoms with Crippen LogP contribution in [-0.2, 0) is 26.1 Å². The van der Waals surface area contributed by atoms with Crippen LogP contribution in [0.3, 0.4) is 0 Å². The van der Waals surface area contributed by atoms with Crippen molar-refractivity contribution < 1.29 is 14.3 Å². The maximum absolute atomic E-state index is 13.4. The number of hydrogen-bond acceptors (Lipinski definition) is 4. The van der Waals surface area contributed by atoms with Gasteiger partial charge in [-0.25, -0.2) is 0 Å². The van der Waals surface area contributed by atoms with Crippen molar-refractivity contribution in [1.29, 1.82) is 0 Å². The van der Waals surface area contributed by atoms with E-state index < -0.39 is 0 Å². The summed E-state index contributed by atoms with van der Waals surface area (Å²) in [5, 5.41) is 0. The van der Waals surface area contributed by atoms with Crippen LogP contribution in [-0.4, -0.2) is 29.9 Å². The number of carbonyl (C=O) groups excluding carboxylic acids is 1. The zero-order valence-electron chi connectivity index (χ0n) is 22.7. The number of fused-ring (bicyclic) bond motifs is 1. The zero-order chi connectivity index (χ0) is 27.4. The molecular formula is C33H33BrN2O3. The van der Waals surface area contributed by atoms with Crippen molar-refractivity contribution in [2.24, 2.45) is 0 Å². The number of nitrogens with zero attached hydrogens (tertiary/aromatic N) is 2. The fraction of sp³-hybridized carbons (Fsp3) is 0.273. The number of hydrogen-bond donors (Lipinski definition) is 0. The number of rotatable bonds is 8. The second kappa shape index (κ2) is 12.0. The van der Waals surface area contributed by atoms with E-state index in [1.165, 1.54) is 11.1 Å². The standard InChI is InChI=1S/C33H33BrN2O3/c1-22-8-10-23(11-9-22)20-38-26-15-12-24(13-16-26)21-39-32-28-7-5-4-6-27(28)29(18-30(32)33(37)36(2)3)31-17-14-25(34)19-35-31/h8-19H,4-7,20-21H2,1-3H3. The Morgan fingerprint density at radius 3 is 2.15 bits per heavy atom. The number of halogens is 1. The SMILES string of the molecule is Cc1ccc(COc2ccc(COc3c(C(=O)N(C)C)cc(-c4ccc(Br)cn4)c4c3CCCC4)cc2)cc1. The number of aromatic nitrogens is 1. The second-order valence-corrected chi connectivity index (χ2v) is 11.1. The highest BCUT2D eigenvalue weighted by molar-refractivity contribution is 9.10. The highest BCUT2D eigenvalue weighted by atomic mass is 79.9. The lowest BCUT2D eigenvalue weighted by molar-refractivity contribution is 0.0822. The van der Waals surface area contributed by atoms with Crippen LogP contribution in [0.1, 0.15) is 51.0 Å². The molecule has 1 aromatic heterocycles. The van der Waals surface area contributed by atoms with Gasteiger partial charge in [-0.05, 0) is 101 Å². The van der Waals surface area contributed by atoms with E-state index in [9.17, 15) is 4.79 Å². The first-order valence-corrected chi connectivity index (χ1v) is 14.1. The fourth-order valence-electron chi connectivity index (χ4n) is 4.93. The Kier molecular flexibility index (Phi) is 8.32. The average Bonchev–Trinajstić information content (AvgIpc) is 2.96. The van der Waals surface area contributed by atoms with Crippen molar-refractivity contribution in [3.63, 3.8) is 0 Å². The molecule has 5 rings (SSSR count). The van der Waals surface area contributed by atoms with Crippen LogP contribution in [0.25, 0.3) is 11.3 Å². The van der Waals surface area contributed by atoms with Gasteiger partial charge in [0.25, 0.3) is 5.91 Å². The van der Waals surface area contributed by atoms with E-state index in [0.29, 0.717) is 24.5 Å². The number of ether oxygens (including phenoxy) is 2. The predicted octanol–water partition coefficient (Wildman–Crippen LogP) is 7.56. The summed E-state index contributed by atoms with van der Waals surface area (Å²) >= 11 is 3.48. The predicted molar refractivity (Wildman–Crippen MR) is 158 cm³/mol. The smallest absolute Gasteiger partial charge is 0.257 e. The first-order chi connectivity index (χ1) is 18.9. The van der Waals surface area contributed by atoms with E-state index in [-0.39, 0.29) is 5.91 Å². The van der Waals surface area contributed by atoms with Crippen LogP contribution in [0, 0.1) is 6.92 Å². The molecule has 4 aromatic rings. The topological polar surface area (TPSA) is 51.7 Å². The summed E-state index contributed by atoms with van der Waals surface area (Å²) in [6.07, 6.45) is 5.82. The minimum Gasteiger partial charge on any atom is -0.489 e. The molecule has 0 atom stereocenters. The van der Waals surface area contributed by atoms with Crippen LogP contribution in [0.2, 0.25) is 0 Å². The third-order valence-electron chi connectivity index (χ3n) is 7.07. The van der Waals surface area contributed by atoms with Crippen molar-refractivity contribution >= 4 is 21.8 Å². The summed E-state index contributed by atoms with van der Waals surface area (Å²) in [5.74, 6) is 1.44. The third kappa shape index (κ3) is 6.34. The highest BCUT2D eigenvalue weighted by Crippen LogP contribution is 2.40. The second-order valence-electron chi connectivity index (χ2n) is 10.2. The van der Waals surface area contributed by atoms with Gasteiger partial charge in [0.1, 0.15) is 24.7 Å². The van der Waals surface area contributed by atoms with Gasteiger partial charge in [-0.2, -0.15) is 0 Å². The molecule has 1 aliphatic rings. The number of amides is 1. The summed E-state index contributed by atoms with van der Waals surface area (Å²) < 4.78 is 13.4. The fourth-order valence-corrected chi connectivity index (χ4v) is 5.16. The first kappa shape index (κ1) is 26.9. The van der Waals surface area contributed by atoms with Crippen LogP contribution in [0.5, 0.6) is 11.5 Å². The lowest BCUT2D eigenvalue weighted by Gasteiger charge is -2.26. The van der Waals surface area contributed by atoms with Gasteiger partial charge >= 0.3 is 0 Å². The van der Waals surface area contributed by atoms with Gasteiger partial charge < -0.3 is 14.4 Å². The molecule has 0 saturated heterocycles. The molecule has 0 unspecified atom stereocenters. The van der Waals surface area contributed by atoms with Crippen LogP contribution >= 0.6 is 15.9 Å². The molecular weight excluding hydrogens is 552 g/mol. The Hall–Kier alpha value is -3.64. The highest BCUT2D eigenvalue weighted by Gasteiger charge is 2.26. The summed E-state index contributed by atoms with van der Waals surface area (Å²) in [6, 6.07) is 22.3. The quantitative estimate of drug-likeness (QED) is 0.214. The van der Waals surface area contributed by atoms with Crippen LogP contribution < -0.4 is 9.47 Å². The summed E-state index contributed by atoms with van der Waals surface area (Å²) in [4.78, 5) is 19.6. The molecule has 0 N–H and O–H groups in total. The Bertz CT molecular complexity index is 1450. The number of carbonyl (C=O) groups is 1. The van der Waals surface area contributed by atoms with E-state index in [0.717, 1.165) is 63.9 Å². The molecule has 0 aliphatic heterocycles. The molecule has 39 heavy (non-hydrogen) atoms. The molecule has 3 aromatic carbocycles. The molecule has 0 radical (unpaired) electrons. The summed E-state index contributed by atoms with van der Waals surface area (Å²) in [7, 11) is 3.55. The van der Waals surface area contributed by atoms with Gasteiger partial charge in [0.2, 0.25) is 0 Å². The van der Waals surface area contributed by atoms with Gasteiger partial charge in [-0.3, -0.25) is 9.78 Å². The summed E-state index contributed by atoms with van der Waals surface area (Å²) in [6.45, 7) is 2.97. The normalized spacial score (nSPS) is 12.5. The van der Waals surface area contributed by atoms with E-state index in [1.54, 1.807) is 25.2 Å². The minimum absolute atomic E-state index is 0.0726. The monoisotopic (exact) mass is 584 g/mol. The lowest BCUT2D eigenvalue weighted by atomic mass is 9.84. The van der Waals surface area contributed by atoms with E-state index in [1.807, 2.05) is 42.5 Å². The van der Waals surface area contributed by atoms with Crippen molar-refractivity contribution in [3.05, 3.63) is 111 Å². The largest absolute Gasteiger partial charge is 0.489 e. The minimum atomic E-state index is -0.0726. The van der Waals surface area contributed by atoms with Crippen LogP contribution in [0.15, 0.2) is 77.4 Å². The Labute approximate surface area is 238 Å². The average molecular weight is 586 g/mol. The molecule has 0 bridgehead atoms. The molecule has 5 nitrogen and oxygen atoms in total. The lowest BCUT2D eigenvalue weighted by Crippen LogP contribution is -2.24. The Morgan fingerprint density at radius 1 is 0.872 bits per heavy atom. The number of benzene rings is 3. The molecule has 0 saturated carbocycles. The Morgan fingerprint density at radius 2 is 1.51 bits per heavy atom. The number of pyridine rings is 1. The van der Waals surface area contributed by atoms with E-state index in [4.69, 9.17) is 9.47 Å². The van der Waals surface area contributed by atoms with Crippen molar-refractivity contribution in [1.82, 2.24) is 9.88 Å². The number of aryl methyl sites for hydroxylation is 1. The van der Waals surface area contributed by atoms with Gasteiger partial charge in [0.05, 0.1) is 11.3 Å². The molecule has 6 heteroatoms. The van der Waals surface area contributed by atoms with Gasteiger partial charge in [-0.15, -0.1) is 0 Å². The van der Waals surface area contributed by atoms with Gasteiger partial charge in [0.15, 0.2) is 0 Å². The van der Waals surface area contributed by atoms with Crippen molar-refractivity contribution in [3.8, 4) is 22.8 Å².